The van der Waals surface area contributed by atoms with Crippen LogP contribution in [0.15, 0.2) is 5.11 Å². The summed E-state index contributed by atoms with van der Waals surface area (Å²) >= 11 is 0. The van der Waals surface area contributed by atoms with E-state index < -0.39 is 12.1 Å². The number of morpholine rings is 1. The van der Waals surface area contributed by atoms with Crippen LogP contribution in [-0.2, 0) is 9.53 Å². The quantitative estimate of drug-likeness (QED) is 0.435. The highest BCUT2D eigenvalue weighted by molar-refractivity contribution is 5.73. The van der Waals surface area contributed by atoms with Crippen molar-refractivity contribution in [2.45, 2.75) is 12.3 Å². The second kappa shape index (κ2) is 7.71. The first-order chi connectivity index (χ1) is 7.88. The van der Waals surface area contributed by atoms with Crippen molar-refractivity contribution in [3.63, 3.8) is 0 Å². The summed E-state index contributed by atoms with van der Waals surface area (Å²) in [4.78, 5) is 11.5. The van der Waals surface area contributed by atoms with E-state index in [0.29, 0.717) is 13.2 Å². The Morgan fingerprint density at radius 3 is 2.59 bits per heavy atom. The van der Waals surface area contributed by atoms with Crippen LogP contribution in [0.1, 0.15) is 0 Å². The minimum atomic E-state index is -5.08. The number of azide groups is 1. The molecule has 1 heterocycles. The van der Waals surface area contributed by atoms with Gasteiger partial charge in [-0.05, 0) is 5.53 Å². The fourth-order valence-corrected chi connectivity index (χ4v) is 0.865. The van der Waals surface area contributed by atoms with Crippen molar-refractivity contribution >= 4 is 5.97 Å². The predicted octanol–water partition coefficient (Wildman–Crippen LogP) is 0.918. The summed E-state index contributed by atoms with van der Waals surface area (Å²) in [6, 6.07) is 0. The summed E-state index contributed by atoms with van der Waals surface area (Å²) in [5.41, 5.74) is 7.98. The first-order valence-electron chi connectivity index (χ1n) is 4.51. The number of carboxylic acids is 1. The Morgan fingerprint density at radius 1 is 1.65 bits per heavy atom. The lowest BCUT2D eigenvalue weighted by Crippen LogP contribution is -2.39. The SMILES string of the molecule is O=C(O)C(F)(F)F.[N-]=[N+]=NC[C@@H]1CNCCO1. The predicted molar refractivity (Wildman–Crippen MR) is 50.3 cm³/mol. The number of aliphatic carboxylic acids is 1. The van der Waals surface area contributed by atoms with Crippen LogP contribution < -0.4 is 5.32 Å². The molecule has 1 aliphatic heterocycles. The fraction of sp³-hybridized carbons (Fsp3) is 0.857. The smallest absolute Gasteiger partial charge is 0.475 e. The molecule has 98 valence electrons. The van der Waals surface area contributed by atoms with Crippen molar-refractivity contribution in [2.75, 3.05) is 26.2 Å². The third-order valence-corrected chi connectivity index (χ3v) is 1.60. The number of halogens is 3. The second-order valence-corrected chi connectivity index (χ2v) is 2.91. The van der Waals surface area contributed by atoms with Crippen molar-refractivity contribution < 1.29 is 27.8 Å². The molecule has 7 nitrogen and oxygen atoms in total. The van der Waals surface area contributed by atoms with Gasteiger partial charge in [-0.15, -0.1) is 0 Å². The van der Waals surface area contributed by atoms with Gasteiger partial charge in [0.1, 0.15) is 0 Å². The van der Waals surface area contributed by atoms with Gasteiger partial charge in [0.2, 0.25) is 0 Å². The van der Waals surface area contributed by atoms with Crippen LogP contribution in [-0.4, -0.2) is 49.6 Å². The molecule has 0 spiro atoms. The maximum atomic E-state index is 10.6. The molecule has 0 aromatic heterocycles. The molecule has 1 fully saturated rings. The highest BCUT2D eigenvalue weighted by Crippen LogP contribution is 2.13. The average Bonchev–Trinajstić information content (AvgIpc) is 2.27. The summed E-state index contributed by atoms with van der Waals surface area (Å²) in [7, 11) is 0. The number of nitrogens with zero attached hydrogens (tertiary/aromatic N) is 3. The second-order valence-electron chi connectivity index (χ2n) is 2.91. The average molecular weight is 256 g/mol. The molecular formula is C7H11F3N4O3. The lowest BCUT2D eigenvalue weighted by atomic mass is 10.3. The van der Waals surface area contributed by atoms with Crippen molar-refractivity contribution in [2.24, 2.45) is 5.11 Å². The van der Waals surface area contributed by atoms with Gasteiger partial charge in [-0.25, -0.2) is 4.79 Å². The van der Waals surface area contributed by atoms with Gasteiger partial charge >= 0.3 is 12.1 Å². The van der Waals surface area contributed by atoms with Gasteiger partial charge in [0.25, 0.3) is 0 Å². The van der Waals surface area contributed by atoms with Crippen molar-refractivity contribution in [3.05, 3.63) is 10.4 Å². The molecule has 0 saturated carbocycles. The van der Waals surface area contributed by atoms with E-state index in [1.807, 2.05) is 0 Å². The highest BCUT2D eigenvalue weighted by atomic mass is 19.4. The van der Waals surface area contributed by atoms with E-state index in [0.717, 1.165) is 13.1 Å². The number of hydrogen-bond acceptors (Lipinski definition) is 4. The molecule has 2 N–H and O–H groups in total. The van der Waals surface area contributed by atoms with Crippen molar-refractivity contribution in [1.29, 1.82) is 0 Å². The van der Waals surface area contributed by atoms with E-state index >= 15 is 0 Å². The Balaban J connectivity index is 0.000000325. The molecule has 0 aliphatic carbocycles. The molecule has 1 atom stereocenters. The molecule has 0 aromatic carbocycles. The number of hydrogen-bond donors (Lipinski definition) is 2. The van der Waals surface area contributed by atoms with Gasteiger partial charge in [-0.2, -0.15) is 13.2 Å². The Morgan fingerprint density at radius 2 is 2.24 bits per heavy atom. The van der Waals surface area contributed by atoms with Crippen LogP contribution >= 0.6 is 0 Å². The number of rotatable bonds is 2. The van der Waals surface area contributed by atoms with Gasteiger partial charge in [0.15, 0.2) is 0 Å². The van der Waals surface area contributed by atoms with Gasteiger partial charge in [0, 0.05) is 18.0 Å². The largest absolute Gasteiger partial charge is 0.490 e. The van der Waals surface area contributed by atoms with E-state index in [9.17, 15) is 13.2 Å². The summed E-state index contributed by atoms with van der Waals surface area (Å²) < 4.78 is 37.0. The zero-order chi connectivity index (χ0) is 13.3. The molecule has 0 radical (unpaired) electrons. The summed E-state index contributed by atoms with van der Waals surface area (Å²) in [6.45, 7) is 2.83. The summed E-state index contributed by atoms with van der Waals surface area (Å²) in [5, 5.41) is 13.7. The van der Waals surface area contributed by atoms with E-state index in [1.165, 1.54) is 0 Å². The van der Waals surface area contributed by atoms with Crippen LogP contribution in [0.5, 0.6) is 0 Å². The zero-order valence-corrected chi connectivity index (χ0v) is 8.65. The molecular weight excluding hydrogens is 245 g/mol. The maximum Gasteiger partial charge on any atom is 0.490 e. The van der Waals surface area contributed by atoms with Crippen LogP contribution in [0.4, 0.5) is 13.2 Å². The first kappa shape index (κ1) is 15.5. The fourth-order valence-electron chi connectivity index (χ4n) is 0.865. The number of carboxylic acid groups (broad SMARTS) is 1. The molecule has 1 aliphatic rings. The van der Waals surface area contributed by atoms with Gasteiger partial charge in [-0.3, -0.25) is 0 Å². The number of ether oxygens (including phenoxy) is 1. The lowest BCUT2D eigenvalue weighted by molar-refractivity contribution is -0.192. The third-order valence-electron chi connectivity index (χ3n) is 1.60. The van der Waals surface area contributed by atoms with Gasteiger partial charge < -0.3 is 15.2 Å². The van der Waals surface area contributed by atoms with Crippen molar-refractivity contribution in [3.8, 4) is 0 Å². The molecule has 17 heavy (non-hydrogen) atoms. The Hall–Kier alpha value is -1.51. The van der Waals surface area contributed by atoms with Crippen LogP contribution in [0, 0.1) is 0 Å². The Labute approximate surface area is 94.2 Å². The number of alkyl halides is 3. The number of carbonyl (C=O) groups is 1. The zero-order valence-electron chi connectivity index (χ0n) is 8.65. The third kappa shape index (κ3) is 8.31. The molecule has 10 heteroatoms. The highest BCUT2D eigenvalue weighted by Gasteiger charge is 2.38. The first-order valence-corrected chi connectivity index (χ1v) is 4.51. The van der Waals surface area contributed by atoms with Crippen LogP contribution in [0.25, 0.3) is 10.4 Å². The van der Waals surface area contributed by atoms with E-state index in [1.54, 1.807) is 0 Å². The monoisotopic (exact) mass is 256 g/mol. The summed E-state index contributed by atoms with van der Waals surface area (Å²) in [5.74, 6) is -2.76. The Bertz CT molecular complexity index is 285. The molecule has 1 rings (SSSR count). The van der Waals surface area contributed by atoms with E-state index in [2.05, 4.69) is 15.3 Å². The van der Waals surface area contributed by atoms with Crippen LogP contribution in [0.2, 0.25) is 0 Å². The van der Waals surface area contributed by atoms with E-state index in [4.69, 9.17) is 20.2 Å². The normalized spacial score (nSPS) is 19.6. The van der Waals surface area contributed by atoms with Crippen molar-refractivity contribution in [1.82, 2.24) is 5.32 Å². The Kier molecular flexibility index (Phi) is 7.03. The van der Waals surface area contributed by atoms with Gasteiger partial charge in [-0.1, -0.05) is 5.11 Å². The lowest BCUT2D eigenvalue weighted by Gasteiger charge is -2.21. The standard InChI is InChI=1S/C5H10N4O.C2HF3O2/c6-9-8-4-5-3-7-1-2-10-5;3-2(4,5)1(6)7/h5,7H,1-4H2;(H,6,7)/t5-;/m0./s1. The minimum Gasteiger partial charge on any atom is -0.475 e. The number of nitrogens with one attached hydrogen (secondary N) is 1. The topological polar surface area (TPSA) is 107 Å². The molecule has 0 amide bonds. The van der Waals surface area contributed by atoms with Crippen LogP contribution in [0.3, 0.4) is 0 Å². The van der Waals surface area contributed by atoms with Gasteiger partial charge in [0.05, 0.1) is 19.3 Å². The molecule has 0 aromatic rings. The molecule has 0 unspecified atom stereocenters. The minimum absolute atomic E-state index is 0.0737. The molecule has 0 bridgehead atoms. The van der Waals surface area contributed by atoms with E-state index in [-0.39, 0.29) is 6.10 Å². The molecule has 1 saturated heterocycles. The maximum absolute atomic E-state index is 10.6. The summed E-state index contributed by atoms with van der Waals surface area (Å²) in [6.07, 6.45) is -5.01.